The monoisotopic (exact) mass is 498 g/mol. The molecule has 0 aromatic heterocycles. The van der Waals surface area contributed by atoms with Crippen LogP contribution >= 0.6 is 0 Å². The molecule has 35 heavy (non-hydrogen) atoms. The molecule has 1 aliphatic carbocycles. The van der Waals surface area contributed by atoms with Gasteiger partial charge >= 0.3 is 0 Å². The van der Waals surface area contributed by atoms with Crippen LogP contribution in [0.2, 0.25) is 0 Å². The molecule has 9 heteroatoms. The van der Waals surface area contributed by atoms with Crippen LogP contribution < -0.4 is 15.0 Å². The van der Waals surface area contributed by atoms with Gasteiger partial charge in [0.1, 0.15) is 12.4 Å². The number of aliphatic hydroxyl groups is 1. The van der Waals surface area contributed by atoms with Gasteiger partial charge in [-0.3, -0.25) is 4.79 Å². The van der Waals surface area contributed by atoms with Crippen molar-refractivity contribution in [3.8, 4) is 5.75 Å². The van der Waals surface area contributed by atoms with Crippen LogP contribution in [0.5, 0.6) is 5.75 Å². The minimum Gasteiger partial charge on any atom is -0.490 e. The molecule has 2 aliphatic heterocycles. The van der Waals surface area contributed by atoms with E-state index in [1.807, 2.05) is 37.9 Å². The zero-order valence-electron chi connectivity index (χ0n) is 20.4. The molecule has 0 spiro atoms. The molecule has 187 valence electrons. The van der Waals surface area contributed by atoms with E-state index in [1.54, 1.807) is 18.2 Å². The number of carbonyl (C=O) groups excluding carboxylic acids is 1. The molecule has 1 N–H and O–H groups in total. The number of rotatable bonds is 5. The molecular formula is C26H32N3O5S. The molecule has 0 bridgehead atoms. The smallest absolute Gasteiger partial charge is 0.251 e. The lowest BCUT2D eigenvalue weighted by Gasteiger charge is -2.35. The Balaban J connectivity index is 1.49. The topological polar surface area (TPSA) is 101 Å². The zero-order valence-corrected chi connectivity index (χ0v) is 21.2. The van der Waals surface area contributed by atoms with E-state index in [0.717, 1.165) is 35.3 Å². The van der Waals surface area contributed by atoms with Gasteiger partial charge in [0.2, 0.25) is 10.0 Å². The van der Waals surface area contributed by atoms with Crippen LogP contribution in [-0.2, 0) is 21.2 Å². The Labute approximate surface area is 206 Å². The van der Waals surface area contributed by atoms with Gasteiger partial charge in [-0.15, -0.1) is 0 Å². The highest BCUT2D eigenvalue weighted by Crippen LogP contribution is 2.37. The van der Waals surface area contributed by atoms with Crippen molar-refractivity contribution in [1.82, 2.24) is 9.62 Å². The summed E-state index contributed by atoms with van der Waals surface area (Å²) in [7, 11) is -2.06. The van der Waals surface area contributed by atoms with Crippen molar-refractivity contribution in [3.05, 3.63) is 47.0 Å². The van der Waals surface area contributed by atoms with Gasteiger partial charge in [-0.05, 0) is 68.4 Å². The number of aliphatic hydroxyl groups excluding tert-OH is 1. The summed E-state index contributed by atoms with van der Waals surface area (Å²) in [4.78, 5) is 15.2. The number of likely N-dealkylation sites (N-methyl/N-ethyl adjacent to an activating group) is 1. The molecule has 1 fully saturated rings. The van der Waals surface area contributed by atoms with E-state index in [4.69, 9.17) is 4.74 Å². The van der Waals surface area contributed by atoms with Crippen LogP contribution in [0.3, 0.4) is 0 Å². The van der Waals surface area contributed by atoms with Crippen molar-refractivity contribution in [3.63, 3.8) is 0 Å². The van der Waals surface area contributed by atoms with Gasteiger partial charge in [-0.1, -0.05) is 12.1 Å². The summed E-state index contributed by atoms with van der Waals surface area (Å²) in [6, 6.07) is 8.31. The quantitative estimate of drug-likeness (QED) is 0.680. The van der Waals surface area contributed by atoms with E-state index in [1.165, 1.54) is 4.31 Å². The second-order valence-corrected chi connectivity index (χ2v) is 11.8. The molecule has 2 heterocycles. The third-order valence-corrected chi connectivity index (χ3v) is 9.56. The standard InChI is InChI=1S/C26H32N3O5S/c1-16-7-8-18-13-19(26(31)27-25(18)17(16)2)15-29(21-5-4-6-23(21)30)35(32,33)20-9-10-22-24(14-20)34-12-11-28(22)3/h7-10,14,19,21,23,30H,4-6,11-13,15H2,1-3H3/t19?,21-,23+/m1/s1. The Morgan fingerprint density at radius 3 is 2.74 bits per heavy atom. The van der Waals surface area contributed by atoms with E-state index in [2.05, 4.69) is 5.32 Å². The van der Waals surface area contributed by atoms with E-state index >= 15 is 0 Å². The summed E-state index contributed by atoms with van der Waals surface area (Å²) in [5, 5.41) is 15.0. The average Bonchev–Trinajstić information content (AvgIpc) is 3.25. The molecule has 1 radical (unpaired) electrons. The summed E-state index contributed by atoms with van der Waals surface area (Å²) in [5.41, 5.74) is 4.54. The summed E-state index contributed by atoms with van der Waals surface area (Å²) in [6.07, 6.45) is 1.49. The first-order valence-corrected chi connectivity index (χ1v) is 13.6. The molecule has 8 nitrogen and oxygen atoms in total. The largest absolute Gasteiger partial charge is 0.490 e. The van der Waals surface area contributed by atoms with Gasteiger partial charge in [-0.2, -0.15) is 4.31 Å². The molecule has 0 saturated heterocycles. The maximum Gasteiger partial charge on any atom is 0.251 e. The first kappa shape index (κ1) is 24.1. The fraction of sp³-hybridized carbons (Fsp3) is 0.500. The number of amides is 1. The van der Waals surface area contributed by atoms with Gasteiger partial charge in [0.25, 0.3) is 5.91 Å². The van der Waals surface area contributed by atoms with Gasteiger partial charge in [-0.25, -0.2) is 13.7 Å². The molecule has 1 amide bonds. The van der Waals surface area contributed by atoms with Crippen LogP contribution in [-0.4, -0.2) is 62.6 Å². The third-order valence-electron chi connectivity index (χ3n) is 7.67. The number of nitrogens with zero attached hydrogens (tertiary/aromatic N) is 3. The first-order chi connectivity index (χ1) is 16.7. The minimum atomic E-state index is -4.00. The second kappa shape index (κ2) is 9.11. The summed E-state index contributed by atoms with van der Waals surface area (Å²) in [6.45, 7) is 5.13. The normalized spacial score (nSPS) is 24.1. The fourth-order valence-corrected chi connectivity index (χ4v) is 7.14. The average molecular weight is 499 g/mol. The Morgan fingerprint density at radius 2 is 2.00 bits per heavy atom. The number of hydrogen-bond donors (Lipinski definition) is 1. The van der Waals surface area contributed by atoms with Crippen molar-refractivity contribution in [2.45, 2.75) is 56.6 Å². The lowest BCUT2D eigenvalue weighted by Crippen LogP contribution is -2.49. The van der Waals surface area contributed by atoms with E-state index in [-0.39, 0.29) is 17.3 Å². The first-order valence-electron chi connectivity index (χ1n) is 12.2. The Hall–Kier alpha value is -2.62. The number of anilines is 1. The predicted molar refractivity (Wildman–Crippen MR) is 133 cm³/mol. The zero-order chi connectivity index (χ0) is 24.9. The molecule has 3 aliphatic rings. The van der Waals surface area contributed by atoms with Crippen LogP contribution in [0.4, 0.5) is 11.4 Å². The van der Waals surface area contributed by atoms with E-state index in [0.29, 0.717) is 37.3 Å². The van der Waals surface area contributed by atoms with E-state index in [9.17, 15) is 18.3 Å². The van der Waals surface area contributed by atoms with Gasteiger partial charge in [0.15, 0.2) is 0 Å². The number of fused-ring (bicyclic) bond motifs is 2. The minimum absolute atomic E-state index is 0.0173. The van der Waals surface area contributed by atoms with Crippen LogP contribution in [0.1, 0.15) is 36.0 Å². The highest BCUT2D eigenvalue weighted by atomic mass is 32.2. The van der Waals surface area contributed by atoms with Crippen LogP contribution in [0, 0.1) is 19.8 Å². The van der Waals surface area contributed by atoms with Gasteiger partial charge in [0.05, 0.1) is 40.9 Å². The van der Waals surface area contributed by atoms with Crippen molar-refractivity contribution >= 4 is 27.3 Å². The number of sulfonamides is 1. The number of aryl methyl sites for hydroxylation is 1. The summed E-state index contributed by atoms with van der Waals surface area (Å²) in [5.74, 6) is -0.392. The highest BCUT2D eigenvalue weighted by molar-refractivity contribution is 7.89. The highest BCUT2D eigenvalue weighted by Gasteiger charge is 2.42. The molecule has 2 aromatic carbocycles. The van der Waals surface area contributed by atoms with Crippen molar-refractivity contribution in [2.75, 3.05) is 31.6 Å². The van der Waals surface area contributed by atoms with Gasteiger partial charge < -0.3 is 14.7 Å². The fourth-order valence-electron chi connectivity index (χ4n) is 5.39. The molecular weight excluding hydrogens is 466 g/mol. The summed E-state index contributed by atoms with van der Waals surface area (Å²) < 4.78 is 35.0. The lowest BCUT2D eigenvalue weighted by atomic mass is 9.89. The van der Waals surface area contributed by atoms with Crippen LogP contribution in [0.25, 0.3) is 0 Å². The number of benzene rings is 2. The third kappa shape index (κ3) is 4.30. The molecule has 5 rings (SSSR count). The second-order valence-electron chi connectivity index (χ2n) is 9.91. The van der Waals surface area contributed by atoms with E-state index < -0.39 is 28.1 Å². The van der Waals surface area contributed by atoms with Gasteiger partial charge in [0, 0.05) is 19.7 Å². The number of hydrogen-bond acceptors (Lipinski definition) is 6. The maximum absolute atomic E-state index is 14.0. The number of ether oxygens (including phenoxy) is 1. The summed E-state index contributed by atoms with van der Waals surface area (Å²) >= 11 is 0. The molecule has 3 atom stereocenters. The lowest BCUT2D eigenvalue weighted by molar-refractivity contribution is -0.125. The molecule has 2 aromatic rings. The van der Waals surface area contributed by atoms with Crippen molar-refractivity contribution in [2.24, 2.45) is 5.92 Å². The number of carbonyl (C=O) groups is 1. The Bertz CT molecular complexity index is 1260. The Kier molecular flexibility index (Phi) is 6.27. The van der Waals surface area contributed by atoms with Crippen molar-refractivity contribution in [1.29, 1.82) is 0 Å². The SMILES string of the molecule is Cc1ccc2c(c1C)[N]C(=O)C(CN([C@@H]1CCC[C@@H]1O)S(=O)(=O)c1ccc3c(c1)OCCN3C)C2. The predicted octanol–water partition coefficient (Wildman–Crippen LogP) is 2.67. The van der Waals surface area contributed by atoms with Crippen molar-refractivity contribution < 1.29 is 23.1 Å². The molecule has 1 unspecified atom stereocenters. The Morgan fingerprint density at radius 1 is 1.20 bits per heavy atom. The maximum atomic E-state index is 14.0. The molecule has 1 saturated carbocycles. The van der Waals surface area contributed by atoms with Crippen LogP contribution in [0.15, 0.2) is 35.2 Å².